The highest BCUT2D eigenvalue weighted by molar-refractivity contribution is 9.10. The molecule has 1 aromatic heterocycles. The number of halogens is 1. The van der Waals surface area contributed by atoms with E-state index in [0.717, 1.165) is 47.1 Å². The number of piperidine rings is 1. The lowest BCUT2D eigenvalue weighted by Crippen LogP contribution is -2.46. The van der Waals surface area contributed by atoms with Crippen LogP contribution in [0.25, 0.3) is 10.9 Å². The minimum Gasteiger partial charge on any atom is -0.356 e. The fourth-order valence-electron chi connectivity index (χ4n) is 3.14. The molecule has 3 rings (SSSR count). The molecule has 1 aromatic carbocycles. The van der Waals surface area contributed by atoms with Gasteiger partial charge in [0, 0.05) is 36.0 Å². The van der Waals surface area contributed by atoms with Crippen molar-refractivity contribution >= 4 is 42.7 Å². The lowest BCUT2D eigenvalue weighted by Gasteiger charge is -2.36. The summed E-state index contributed by atoms with van der Waals surface area (Å²) >= 11 is 3.50. The Hall–Kier alpha value is -1.25. The summed E-state index contributed by atoms with van der Waals surface area (Å²) in [6, 6.07) is 6.03. The fourth-order valence-corrected chi connectivity index (χ4v) is 4.57. The molecule has 2 heterocycles. The molecule has 1 aliphatic rings. The zero-order chi connectivity index (χ0) is 17.3. The molecule has 0 amide bonds. The Kier molecular flexibility index (Phi) is 5.08. The summed E-state index contributed by atoms with van der Waals surface area (Å²) < 4.78 is 26.6. The molecule has 6 nitrogen and oxygen atoms in total. The summed E-state index contributed by atoms with van der Waals surface area (Å²) in [5.74, 6) is 1.06. The molecule has 1 aliphatic heterocycles. The molecule has 1 saturated heterocycles. The van der Waals surface area contributed by atoms with Crippen LogP contribution in [0.3, 0.4) is 0 Å². The van der Waals surface area contributed by atoms with Crippen molar-refractivity contribution in [3.8, 4) is 0 Å². The van der Waals surface area contributed by atoms with E-state index >= 15 is 0 Å². The number of hydrogen-bond acceptors (Lipinski definition) is 5. The summed E-state index contributed by atoms with van der Waals surface area (Å²) in [7, 11) is -1.45. The second-order valence-electron chi connectivity index (χ2n) is 5.99. The van der Waals surface area contributed by atoms with Gasteiger partial charge in [-0.2, -0.15) is 0 Å². The van der Waals surface area contributed by atoms with Gasteiger partial charge in [0.2, 0.25) is 10.0 Å². The molecule has 24 heavy (non-hydrogen) atoms. The normalized spacial score (nSPS) is 16.9. The molecule has 1 fully saturated rings. The van der Waals surface area contributed by atoms with Crippen LogP contribution in [0.5, 0.6) is 0 Å². The zero-order valence-electron chi connectivity index (χ0n) is 13.8. The van der Waals surface area contributed by atoms with Crippen LogP contribution in [-0.2, 0) is 10.0 Å². The minimum absolute atomic E-state index is 0.0611. The largest absolute Gasteiger partial charge is 0.356 e. The van der Waals surface area contributed by atoms with Gasteiger partial charge < -0.3 is 4.90 Å². The van der Waals surface area contributed by atoms with Crippen LogP contribution < -0.4 is 4.90 Å². The number of fused-ring (bicyclic) bond motifs is 1. The minimum atomic E-state index is -3.14. The van der Waals surface area contributed by atoms with E-state index in [-0.39, 0.29) is 11.8 Å². The molecule has 0 radical (unpaired) electrons. The van der Waals surface area contributed by atoms with E-state index in [4.69, 9.17) is 0 Å². The van der Waals surface area contributed by atoms with E-state index in [9.17, 15) is 8.42 Å². The molecule has 8 heteroatoms. The van der Waals surface area contributed by atoms with Crippen LogP contribution in [0.1, 0.15) is 19.8 Å². The molecule has 0 saturated carbocycles. The van der Waals surface area contributed by atoms with Crippen molar-refractivity contribution in [2.45, 2.75) is 25.8 Å². The lowest BCUT2D eigenvalue weighted by atomic mass is 10.0. The van der Waals surface area contributed by atoms with E-state index in [1.54, 1.807) is 24.6 Å². The average molecular weight is 413 g/mol. The van der Waals surface area contributed by atoms with Gasteiger partial charge in [-0.05, 0) is 38.0 Å². The zero-order valence-corrected chi connectivity index (χ0v) is 16.2. The Bertz CT molecular complexity index is 835. The van der Waals surface area contributed by atoms with Gasteiger partial charge in [-0.3, -0.25) is 0 Å². The predicted molar refractivity (Wildman–Crippen MR) is 99.7 cm³/mol. The van der Waals surface area contributed by atoms with Gasteiger partial charge in [-0.1, -0.05) is 15.9 Å². The number of anilines is 1. The average Bonchev–Trinajstić information content (AvgIpc) is 2.60. The Labute approximate surface area is 151 Å². The van der Waals surface area contributed by atoms with Crippen LogP contribution in [-0.4, -0.2) is 54.6 Å². The van der Waals surface area contributed by atoms with Crippen LogP contribution in [0.4, 0.5) is 5.82 Å². The van der Waals surface area contributed by atoms with E-state index < -0.39 is 10.0 Å². The molecule has 0 aliphatic carbocycles. The topological polar surface area (TPSA) is 66.4 Å². The summed E-state index contributed by atoms with van der Waals surface area (Å²) in [4.78, 5) is 11.0. The molecule has 2 aromatic rings. The van der Waals surface area contributed by atoms with Crippen molar-refractivity contribution in [2.24, 2.45) is 0 Å². The number of sulfonamides is 1. The Morgan fingerprint density at radius 3 is 2.67 bits per heavy atom. The fraction of sp³-hybridized carbons (Fsp3) is 0.500. The molecule has 130 valence electrons. The summed E-state index contributed by atoms with van der Waals surface area (Å²) in [5.41, 5.74) is 0.913. The maximum Gasteiger partial charge on any atom is 0.213 e. The molecule has 0 N–H and O–H groups in total. The second kappa shape index (κ2) is 6.93. The molecular weight excluding hydrogens is 392 g/mol. The maximum atomic E-state index is 12.0. The maximum absolute atomic E-state index is 12.0. The van der Waals surface area contributed by atoms with Crippen molar-refractivity contribution in [1.29, 1.82) is 0 Å². The molecule has 0 spiro atoms. The van der Waals surface area contributed by atoms with Crippen LogP contribution in [0.15, 0.2) is 29.0 Å². The highest BCUT2D eigenvalue weighted by atomic mass is 79.9. The van der Waals surface area contributed by atoms with Gasteiger partial charge >= 0.3 is 0 Å². The number of rotatable bonds is 4. The number of nitrogens with zero attached hydrogens (tertiary/aromatic N) is 4. The standard InChI is InChI=1S/C16H21BrN4O2S/c1-3-24(22,23)20(2)13-6-8-21(9-7-13)16-14-10-12(17)4-5-15(14)18-11-19-16/h4-5,10-11,13H,3,6-9H2,1-2H3. The molecule has 0 bridgehead atoms. The number of aromatic nitrogens is 2. The third-order valence-corrected chi connectivity index (χ3v) is 7.06. The van der Waals surface area contributed by atoms with E-state index in [2.05, 4.69) is 30.8 Å². The Morgan fingerprint density at radius 1 is 1.29 bits per heavy atom. The highest BCUT2D eigenvalue weighted by Crippen LogP contribution is 2.29. The van der Waals surface area contributed by atoms with Crippen molar-refractivity contribution in [1.82, 2.24) is 14.3 Å². The predicted octanol–water partition coefficient (Wildman–Crippen LogP) is 2.64. The first kappa shape index (κ1) is 17.6. The third kappa shape index (κ3) is 3.41. The third-order valence-electron chi connectivity index (χ3n) is 4.66. The quantitative estimate of drug-likeness (QED) is 0.771. The Morgan fingerprint density at radius 2 is 2.00 bits per heavy atom. The molecule has 0 atom stereocenters. The van der Waals surface area contributed by atoms with E-state index in [0.29, 0.717) is 0 Å². The summed E-state index contributed by atoms with van der Waals surface area (Å²) in [6.07, 6.45) is 3.19. The molecule has 0 unspecified atom stereocenters. The summed E-state index contributed by atoms with van der Waals surface area (Å²) in [6.45, 7) is 3.26. The van der Waals surface area contributed by atoms with Crippen molar-refractivity contribution in [2.75, 3.05) is 30.8 Å². The Balaban J connectivity index is 1.79. The highest BCUT2D eigenvalue weighted by Gasteiger charge is 2.29. The van der Waals surface area contributed by atoms with Crippen LogP contribution in [0.2, 0.25) is 0 Å². The van der Waals surface area contributed by atoms with Crippen LogP contribution in [0, 0.1) is 0 Å². The van der Waals surface area contributed by atoms with Gasteiger partial charge in [0.1, 0.15) is 12.1 Å². The monoisotopic (exact) mass is 412 g/mol. The molecular formula is C16H21BrN4O2S. The number of hydrogen-bond donors (Lipinski definition) is 0. The number of benzene rings is 1. The first-order chi connectivity index (χ1) is 11.4. The smallest absolute Gasteiger partial charge is 0.213 e. The van der Waals surface area contributed by atoms with Crippen LogP contribution >= 0.6 is 15.9 Å². The lowest BCUT2D eigenvalue weighted by molar-refractivity contribution is 0.312. The first-order valence-corrected chi connectivity index (χ1v) is 10.4. The van der Waals surface area contributed by atoms with Gasteiger partial charge in [0.25, 0.3) is 0 Å². The SMILES string of the molecule is CCS(=O)(=O)N(C)C1CCN(c2ncnc3ccc(Br)cc23)CC1. The van der Waals surface area contributed by atoms with Crippen molar-refractivity contribution in [3.05, 3.63) is 29.0 Å². The van der Waals surface area contributed by atoms with Gasteiger partial charge in [0.15, 0.2) is 0 Å². The second-order valence-corrected chi connectivity index (χ2v) is 9.23. The van der Waals surface area contributed by atoms with E-state index in [1.807, 2.05) is 18.2 Å². The first-order valence-electron chi connectivity index (χ1n) is 8.03. The van der Waals surface area contributed by atoms with Crippen molar-refractivity contribution in [3.63, 3.8) is 0 Å². The van der Waals surface area contributed by atoms with Crippen molar-refractivity contribution < 1.29 is 8.42 Å². The van der Waals surface area contributed by atoms with Gasteiger partial charge in [0.05, 0.1) is 11.3 Å². The van der Waals surface area contributed by atoms with Gasteiger partial charge in [-0.25, -0.2) is 22.7 Å². The van der Waals surface area contributed by atoms with Gasteiger partial charge in [-0.15, -0.1) is 0 Å². The van der Waals surface area contributed by atoms with E-state index in [1.165, 1.54) is 0 Å². The summed E-state index contributed by atoms with van der Waals surface area (Å²) in [5, 5.41) is 1.01.